The summed E-state index contributed by atoms with van der Waals surface area (Å²) in [5.41, 5.74) is 0. The average Bonchev–Trinajstić information content (AvgIpc) is 2.25. The van der Waals surface area contributed by atoms with Crippen LogP contribution >= 0.6 is 0 Å². The zero-order valence-electron chi connectivity index (χ0n) is 10.3. The van der Waals surface area contributed by atoms with Gasteiger partial charge in [-0.15, -0.1) is 0 Å². The summed E-state index contributed by atoms with van der Waals surface area (Å²) in [6.45, 7) is 8.37. The van der Waals surface area contributed by atoms with E-state index >= 15 is 0 Å². The zero-order chi connectivity index (χ0) is 12.7. The van der Waals surface area contributed by atoms with Crippen molar-refractivity contribution in [2.45, 2.75) is 39.0 Å². The fourth-order valence-corrected chi connectivity index (χ4v) is 7.08. The lowest BCUT2D eigenvalue weighted by atomic mass is 10.6. The molecule has 0 aromatic carbocycles. The Labute approximate surface area is 110 Å². The van der Waals surface area contributed by atoms with Crippen LogP contribution in [0.15, 0.2) is 0 Å². The lowest BCUT2D eigenvalue weighted by molar-refractivity contribution is 0.275. The highest BCUT2D eigenvalue weighted by Gasteiger charge is 2.33. The molecule has 16 heavy (non-hydrogen) atoms. The summed E-state index contributed by atoms with van der Waals surface area (Å²) in [6, 6.07) is 0.970. The number of hydrogen-bond donors (Lipinski definition) is 0. The van der Waals surface area contributed by atoms with Crippen molar-refractivity contribution in [2.75, 3.05) is 6.23 Å². The second kappa shape index (κ2) is 8.10. The molecule has 0 aliphatic rings. The maximum absolute atomic E-state index is 5.92. The van der Waals surface area contributed by atoms with Gasteiger partial charge in [-0.3, -0.25) is 0 Å². The van der Waals surface area contributed by atoms with Crippen molar-refractivity contribution in [1.29, 1.82) is 0 Å². The van der Waals surface area contributed by atoms with E-state index < -0.39 is 16.9 Å². The van der Waals surface area contributed by atoms with Crippen LogP contribution in [-0.4, -0.2) is 54.1 Å². The molecule has 9 heteroatoms. The lowest BCUT2D eigenvalue weighted by Gasteiger charge is -2.30. The first kappa shape index (κ1) is 16.9. The molecular weight excluding hydrogens is 289 g/mol. The van der Waals surface area contributed by atoms with E-state index in [9.17, 15) is 0 Å². The Bertz CT molecular complexity index is 194. The SMILES string of the molecule is CCC[Si](C)(O[Si])OC[Si](C)(C)O[Si]O[Si]. The quantitative estimate of drug-likeness (QED) is 0.595. The Morgan fingerprint density at radius 3 is 2.25 bits per heavy atom. The van der Waals surface area contributed by atoms with Crippen molar-refractivity contribution in [3.05, 3.63) is 0 Å². The van der Waals surface area contributed by atoms with Crippen molar-refractivity contribution in [3.8, 4) is 0 Å². The Kier molecular flexibility index (Phi) is 8.57. The van der Waals surface area contributed by atoms with Gasteiger partial charge in [0.25, 0.3) is 0 Å². The van der Waals surface area contributed by atoms with Crippen LogP contribution in [-0.2, 0) is 16.8 Å². The van der Waals surface area contributed by atoms with Crippen molar-refractivity contribution in [3.63, 3.8) is 0 Å². The minimum absolute atomic E-state index is 0.0189. The minimum Gasteiger partial charge on any atom is -0.437 e. The monoisotopic (exact) mass is 306 g/mol. The van der Waals surface area contributed by atoms with E-state index in [1.54, 1.807) is 0 Å². The first-order chi connectivity index (χ1) is 7.39. The second-order valence-electron chi connectivity index (χ2n) is 4.32. The minimum atomic E-state index is -2.05. The van der Waals surface area contributed by atoms with Crippen molar-refractivity contribution < 1.29 is 16.8 Å². The van der Waals surface area contributed by atoms with E-state index in [1.165, 1.54) is 0 Å². The van der Waals surface area contributed by atoms with Gasteiger partial charge in [-0.1, -0.05) is 13.3 Å². The fourth-order valence-electron chi connectivity index (χ4n) is 1.10. The smallest absolute Gasteiger partial charge is 0.409 e. The van der Waals surface area contributed by atoms with Crippen LogP contribution in [0.1, 0.15) is 13.3 Å². The number of hydrogen-bond acceptors (Lipinski definition) is 4. The van der Waals surface area contributed by atoms with Gasteiger partial charge in [0.05, 0.1) is 6.23 Å². The average molecular weight is 307 g/mol. The van der Waals surface area contributed by atoms with Gasteiger partial charge in [-0.2, -0.15) is 0 Å². The molecule has 0 aliphatic carbocycles. The van der Waals surface area contributed by atoms with Crippen molar-refractivity contribution in [1.82, 2.24) is 0 Å². The van der Waals surface area contributed by atoms with Crippen LogP contribution in [0.3, 0.4) is 0 Å². The van der Waals surface area contributed by atoms with Crippen LogP contribution in [0.2, 0.25) is 25.7 Å². The van der Waals surface area contributed by atoms with Crippen molar-refractivity contribution >= 4 is 47.9 Å². The van der Waals surface area contributed by atoms with E-state index in [4.69, 9.17) is 16.8 Å². The molecule has 0 heterocycles. The molecule has 0 rings (SSSR count). The van der Waals surface area contributed by atoms with Gasteiger partial charge in [-0.05, 0) is 25.7 Å². The lowest BCUT2D eigenvalue weighted by Crippen LogP contribution is -2.46. The summed E-state index contributed by atoms with van der Waals surface area (Å²) < 4.78 is 21.6. The van der Waals surface area contributed by atoms with Crippen LogP contribution in [0.4, 0.5) is 0 Å². The molecular formula is C7H18O4Si5. The van der Waals surface area contributed by atoms with E-state index in [1.807, 2.05) is 0 Å². The molecule has 4 nitrogen and oxygen atoms in total. The molecule has 0 aromatic rings. The molecule has 0 N–H and O–H groups in total. The highest BCUT2D eigenvalue weighted by molar-refractivity contribution is 6.76. The molecule has 0 spiro atoms. The van der Waals surface area contributed by atoms with Crippen molar-refractivity contribution in [2.24, 2.45) is 0 Å². The highest BCUT2D eigenvalue weighted by atomic mass is 28.4. The molecule has 1 unspecified atom stereocenters. The van der Waals surface area contributed by atoms with Crippen LogP contribution in [0.5, 0.6) is 0 Å². The first-order valence-corrected chi connectivity index (χ1v) is 12.4. The van der Waals surface area contributed by atoms with Gasteiger partial charge < -0.3 is 16.8 Å². The van der Waals surface area contributed by atoms with Crippen LogP contribution < -0.4 is 0 Å². The molecule has 0 amide bonds. The molecule has 0 bridgehead atoms. The van der Waals surface area contributed by atoms with Crippen LogP contribution in [0, 0.1) is 0 Å². The summed E-state index contributed by atoms with van der Waals surface area (Å²) in [7, 11) is 2.20. The molecule has 0 saturated heterocycles. The third kappa shape index (κ3) is 7.29. The maximum Gasteiger partial charge on any atom is 0.409 e. The topological polar surface area (TPSA) is 36.9 Å². The fraction of sp³-hybridized carbons (Fsp3) is 1.00. The molecule has 8 radical (unpaired) electrons. The molecule has 0 saturated carbocycles. The first-order valence-electron chi connectivity index (χ1n) is 5.13. The van der Waals surface area contributed by atoms with Gasteiger partial charge in [0, 0.05) is 0 Å². The third-order valence-electron chi connectivity index (χ3n) is 2.00. The summed E-state index contributed by atoms with van der Waals surface area (Å²) in [5.74, 6) is 0. The predicted octanol–water partition coefficient (Wildman–Crippen LogP) is 0.980. The maximum atomic E-state index is 5.92. The standard InChI is InChI=1S/C7H18O4Si5/c1-5-6-16(4,10-13)8-7-15(2,3)11-14-9-12/h5-7H2,1-4H3. The predicted molar refractivity (Wildman–Crippen MR) is 70.7 cm³/mol. The molecule has 1 atom stereocenters. The van der Waals surface area contributed by atoms with E-state index in [-0.39, 0.29) is 10.0 Å². The van der Waals surface area contributed by atoms with Gasteiger partial charge in [0.2, 0.25) is 21.0 Å². The van der Waals surface area contributed by atoms with E-state index in [0.717, 1.165) is 12.5 Å². The Balaban J connectivity index is 4.08. The van der Waals surface area contributed by atoms with Crippen LogP contribution in [0.25, 0.3) is 0 Å². The Morgan fingerprint density at radius 2 is 1.81 bits per heavy atom. The van der Waals surface area contributed by atoms with Gasteiger partial charge in [0.15, 0.2) is 8.32 Å². The Hall–Kier alpha value is 0.924. The van der Waals surface area contributed by atoms with Gasteiger partial charge in [-0.25, -0.2) is 0 Å². The summed E-state index contributed by atoms with van der Waals surface area (Å²) in [6.07, 6.45) is 1.69. The normalized spacial score (nSPS) is 16.1. The van der Waals surface area contributed by atoms with Gasteiger partial charge in [0.1, 0.15) is 0 Å². The van der Waals surface area contributed by atoms with E-state index in [0.29, 0.717) is 6.23 Å². The van der Waals surface area contributed by atoms with E-state index in [2.05, 4.69) is 47.5 Å². The molecule has 0 aliphatic heterocycles. The zero-order valence-corrected chi connectivity index (χ0v) is 15.3. The molecule has 90 valence electrons. The number of rotatable bonds is 9. The third-order valence-corrected chi connectivity index (χ3v) is 9.90. The van der Waals surface area contributed by atoms with Gasteiger partial charge >= 0.3 is 18.6 Å². The summed E-state index contributed by atoms with van der Waals surface area (Å²) in [5, 5.41) is 0. The Morgan fingerprint density at radius 1 is 1.19 bits per heavy atom. The second-order valence-corrected chi connectivity index (χ2v) is 13.8. The highest BCUT2D eigenvalue weighted by Crippen LogP contribution is 2.16. The summed E-state index contributed by atoms with van der Waals surface area (Å²) >= 11 is 0. The molecule has 0 fully saturated rings. The summed E-state index contributed by atoms with van der Waals surface area (Å²) in [4.78, 5) is 0. The molecule has 0 aromatic heterocycles. The largest absolute Gasteiger partial charge is 0.437 e.